The molecule has 27 heavy (non-hydrogen) atoms. The van der Waals surface area contributed by atoms with E-state index in [2.05, 4.69) is 39.0 Å². The summed E-state index contributed by atoms with van der Waals surface area (Å²) in [7, 11) is 7.52. The molecule has 0 saturated heterocycles. The smallest absolute Gasteiger partial charge is 0.321 e. The number of likely N-dealkylation sites (N-methyl/N-ethyl adjacent to an activating group) is 1. The number of benzene rings is 2. The fraction of sp³-hybridized carbons (Fsp3) is 0.350. The van der Waals surface area contributed by atoms with E-state index < -0.39 is 0 Å². The first-order chi connectivity index (χ1) is 12.8. The molecule has 0 radical (unpaired) electrons. The zero-order valence-electron chi connectivity index (χ0n) is 16.6. The first-order valence-corrected chi connectivity index (χ1v) is 9.68. The highest BCUT2D eigenvalue weighted by atomic mass is 79.9. The molecule has 0 aromatic heterocycles. The molecule has 2 aromatic rings. The summed E-state index contributed by atoms with van der Waals surface area (Å²) >= 11 is 3.46. The highest BCUT2D eigenvalue weighted by Gasteiger charge is 2.17. The average molecular weight is 432 g/mol. The Balaban J connectivity index is 2.01. The summed E-state index contributed by atoms with van der Waals surface area (Å²) in [6.07, 6.45) is 0. The number of ether oxygens (including phenoxy) is 1. The minimum Gasteiger partial charge on any atom is -0.496 e. The summed E-state index contributed by atoms with van der Waals surface area (Å²) in [4.78, 5) is 16.4. The van der Waals surface area contributed by atoms with E-state index in [9.17, 15) is 4.79 Å². The second-order valence-corrected chi connectivity index (χ2v) is 7.95. The number of amides is 2. The van der Waals surface area contributed by atoms with Gasteiger partial charge >= 0.3 is 6.03 Å². The number of urea groups is 1. The predicted octanol–water partition coefficient (Wildman–Crippen LogP) is 3.71. The third-order valence-electron chi connectivity index (χ3n) is 4.30. The second-order valence-electron chi connectivity index (χ2n) is 7.04. The van der Waals surface area contributed by atoms with Crippen LogP contribution in [0.4, 0.5) is 10.5 Å². The fourth-order valence-electron chi connectivity index (χ4n) is 3.02. The highest BCUT2D eigenvalue weighted by Crippen LogP contribution is 2.30. The van der Waals surface area contributed by atoms with Crippen LogP contribution in [0.5, 0.6) is 5.75 Å². The van der Waals surface area contributed by atoms with Crippen molar-refractivity contribution < 1.29 is 9.53 Å². The van der Waals surface area contributed by atoms with Crippen LogP contribution in [0.2, 0.25) is 0 Å². The van der Waals surface area contributed by atoms with Gasteiger partial charge in [0.25, 0.3) is 0 Å². The Bertz CT molecular complexity index is 786. The van der Waals surface area contributed by atoms with Crippen molar-refractivity contribution in [1.82, 2.24) is 9.71 Å². The van der Waals surface area contributed by atoms with E-state index >= 15 is 0 Å². The Kier molecular flexibility index (Phi) is 7.74. The summed E-state index contributed by atoms with van der Waals surface area (Å²) in [5, 5.41) is 2.98. The fourth-order valence-corrected chi connectivity index (χ4v) is 3.36. The van der Waals surface area contributed by atoms with Crippen LogP contribution < -0.4 is 10.1 Å². The number of carbonyl (C=O) groups excluding carboxylic acids is 1. The number of rotatable bonds is 7. The quantitative estimate of drug-likeness (QED) is 0.679. The van der Waals surface area contributed by atoms with E-state index in [1.54, 1.807) is 19.1 Å². The summed E-state index contributed by atoms with van der Waals surface area (Å²) in [6.45, 7) is 3.51. The monoisotopic (exact) mass is 431 g/mol. The summed E-state index contributed by atoms with van der Waals surface area (Å²) in [5.41, 5.74) is 3.04. The molecule has 2 aromatic carbocycles. The third kappa shape index (κ3) is 6.29. The molecular formula is C20H27BBrN3O2. The van der Waals surface area contributed by atoms with Gasteiger partial charge in [0.1, 0.15) is 5.75 Å². The molecule has 0 aliphatic carbocycles. The van der Waals surface area contributed by atoms with E-state index in [1.165, 1.54) is 0 Å². The molecule has 0 saturated carbocycles. The van der Waals surface area contributed by atoms with Crippen molar-refractivity contribution in [3.8, 4) is 5.75 Å². The SMILES string of the molecule is BN(C)Cc1cccc(NC(=O)N(C)C[C@H](C)c2ccc(Br)cc2OC)c1. The van der Waals surface area contributed by atoms with Crippen molar-refractivity contribution in [1.29, 1.82) is 0 Å². The van der Waals surface area contributed by atoms with Gasteiger partial charge in [0.2, 0.25) is 0 Å². The Hall–Kier alpha value is -1.99. The lowest BCUT2D eigenvalue weighted by molar-refractivity contribution is 0.220. The molecule has 0 spiro atoms. The molecule has 5 nitrogen and oxygen atoms in total. The van der Waals surface area contributed by atoms with Crippen molar-refractivity contribution >= 4 is 35.6 Å². The topological polar surface area (TPSA) is 44.8 Å². The molecule has 0 aliphatic rings. The molecule has 0 aliphatic heterocycles. The molecule has 1 N–H and O–H groups in total. The van der Waals surface area contributed by atoms with Crippen LogP contribution in [0, 0.1) is 0 Å². The Labute approximate surface area is 171 Å². The van der Waals surface area contributed by atoms with Gasteiger partial charge in [-0.3, -0.25) is 0 Å². The number of methoxy groups -OCH3 is 1. The maximum absolute atomic E-state index is 12.6. The molecule has 2 amide bonds. The van der Waals surface area contributed by atoms with Crippen LogP contribution in [-0.2, 0) is 6.54 Å². The summed E-state index contributed by atoms with van der Waals surface area (Å²) in [6, 6.07) is 13.8. The van der Waals surface area contributed by atoms with Crippen molar-refractivity contribution in [3.63, 3.8) is 0 Å². The van der Waals surface area contributed by atoms with Crippen molar-refractivity contribution in [2.75, 3.05) is 33.1 Å². The van der Waals surface area contributed by atoms with Gasteiger partial charge in [0, 0.05) is 36.2 Å². The first kappa shape index (κ1) is 21.3. The number of hydrogen-bond donors (Lipinski definition) is 1. The minimum atomic E-state index is -0.125. The number of anilines is 1. The molecular weight excluding hydrogens is 405 g/mol. The average Bonchev–Trinajstić information content (AvgIpc) is 2.61. The van der Waals surface area contributed by atoms with Gasteiger partial charge in [-0.05, 0) is 42.4 Å². The van der Waals surface area contributed by atoms with E-state index in [0.717, 1.165) is 33.6 Å². The van der Waals surface area contributed by atoms with Gasteiger partial charge in [-0.2, -0.15) is 0 Å². The molecule has 0 heterocycles. The normalized spacial score (nSPS) is 11.9. The Morgan fingerprint density at radius 1 is 1.26 bits per heavy atom. The lowest BCUT2D eigenvalue weighted by atomic mass is 10.00. The van der Waals surface area contributed by atoms with Crippen LogP contribution in [-0.4, -0.2) is 51.5 Å². The molecule has 144 valence electrons. The van der Waals surface area contributed by atoms with Gasteiger partial charge < -0.3 is 19.8 Å². The molecule has 0 unspecified atom stereocenters. The molecule has 0 fully saturated rings. The van der Waals surface area contributed by atoms with Gasteiger partial charge in [0.15, 0.2) is 7.98 Å². The van der Waals surface area contributed by atoms with E-state index in [1.807, 2.05) is 51.4 Å². The van der Waals surface area contributed by atoms with Crippen LogP contribution in [0.15, 0.2) is 46.9 Å². The maximum Gasteiger partial charge on any atom is 0.321 e. The van der Waals surface area contributed by atoms with Crippen LogP contribution in [0.25, 0.3) is 0 Å². The van der Waals surface area contributed by atoms with Gasteiger partial charge in [-0.25, -0.2) is 4.79 Å². The van der Waals surface area contributed by atoms with Gasteiger partial charge in [-0.1, -0.05) is 41.1 Å². The minimum absolute atomic E-state index is 0.125. The van der Waals surface area contributed by atoms with E-state index in [-0.39, 0.29) is 11.9 Å². The van der Waals surface area contributed by atoms with Gasteiger partial charge in [-0.15, -0.1) is 0 Å². The van der Waals surface area contributed by atoms with Gasteiger partial charge in [0.05, 0.1) is 7.11 Å². The maximum atomic E-state index is 12.6. The molecule has 2 rings (SSSR count). The van der Waals surface area contributed by atoms with E-state index in [0.29, 0.717) is 6.54 Å². The lowest BCUT2D eigenvalue weighted by Crippen LogP contribution is -2.34. The van der Waals surface area contributed by atoms with Crippen LogP contribution in [0.3, 0.4) is 0 Å². The van der Waals surface area contributed by atoms with Crippen LogP contribution >= 0.6 is 15.9 Å². The van der Waals surface area contributed by atoms with Crippen LogP contribution in [0.1, 0.15) is 24.0 Å². The second kappa shape index (κ2) is 9.81. The number of nitrogens with one attached hydrogen (secondary N) is 1. The Morgan fingerprint density at radius 3 is 2.67 bits per heavy atom. The highest BCUT2D eigenvalue weighted by molar-refractivity contribution is 9.10. The lowest BCUT2D eigenvalue weighted by Gasteiger charge is -2.23. The summed E-state index contributed by atoms with van der Waals surface area (Å²) < 4.78 is 6.45. The number of hydrogen-bond acceptors (Lipinski definition) is 3. The molecule has 1 atom stereocenters. The van der Waals surface area contributed by atoms with Crippen molar-refractivity contribution in [2.45, 2.75) is 19.4 Å². The summed E-state index contributed by atoms with van der Waals surface area (Å²) in [5.74, 6) is 0.964. The van der Waals surface area contributed by atoms with Crippen molar-refractivity contribution in [3.05, 3.63) is 58.1 Å². The Morgan fingerprint density at radius 2 is 2.00 bits per heavy atom. The molecule has 0 bridgehead atoms. The predicted molar refractivity (Wildman–Crippen MR) is 117 cm³/mol. The zero-order valence-corrected chi connectivity index (χ0v) is 18.2. The third-order valence-corrected chi connectivity index (χ3v) is 4.79. The first-order valence-electron chi connectivity index (χ1n) is 8.89. The number of nitrogens with zero attached hydrogens (tertiary/aromatic N) is 2. The largest absolute Gasteiger partial charge is 0.496 e. The van der Waals surface area contributed by atoms with Crippen molar-refractivity contribution in [2.24, 2.45) is 0 Å². The zero-order chi connectivity index (χ0) is 20.0. The molecule has 7 heteroatoms. The standard InChI is InChI=1S/C20H27BBrN3O2/c1-14(18-9-8-16(22)11-19(18)27-4)12-24(2)20(26)23-17-7-5-6-15(10-17)13-25(3)21/h5-11,14H,12-13,21H2,1-4H3,(H,23,26)/t14-/m0/s1. The number of halogens is 1. The number of carbonyl (C=O) groups is 1. The van der Waals surface area contributed by atoms with E-state index in [4.69, 9.17) is 4.74 Å².